The molecule has 2 aromatic heterocycles. The third-order valence-corrected chi connectivity index (χ3v) is 4.71. The van der Waals surface area contributed by atoms with E-state index in [1.165, 1.54) is 10.9 Å². The van der Waals surface area contributed by atoms with E-state index in [2.05, 4.69) is 41.7 Å². The highest BCUT2D eigenvalue weighted by Crippen LogP contribution is 2.29. The van der Waals surface area contributed by atoms with E-state index >= 15 is 0 Å². The monoisotopic (exact) mass is 310 g/mol. The van der Waals surface area contributed by atoms with Crippen molar-refractivity contribution < 1.29 is 4.42 Å². The third kappa shape index (κ3) is 2.61. The van der Waals surface area contributed by atoms with Crippen molar-refractivity contribution in [2.24, 2.45) is 5.92 Å². The van der Waals surface area contributed by atoms with Crippen molar-refractivity contribution >= 4 is 16.8 Å². The lowest BCUT2D eigenvalue weighted by Gasteiger charge is -2.26. The summed E-state index contributed by atoms with van der Waals surface area (Å²) in [6.07, 6.45) is 1.85. The highest BCUT2D eigenvalue weighted by molar-refractivity contribution is 5.82. The first kappa shape index (κ1) is 14.3. The van der Waals surface area contributed by atoms with Crippen molar-refractivity contribution in [1.82, 2.24) is 15.1 Å². The molecule has 0 fully saturated rings. The number of benzene rings is 1. The van der Waals surface area contributed by atoms with Gasteiger partial charge in [-0.15, -0.1) is 0 Å². The van der Waals surface area contributed by atoms with Crippen LogP contribution in [0, 0.1) is 12.8 Å². The number of para-hydroxylation sites is 1. The lowest BCUT2D eigenvalue weighted by molar-refractivity contribution is 0.359. The average Bonchev–Trinajstić information content (AvgIpc) is 3.17. The molecule has 0 bridgehead atoms. The average molecular weight is 310 g/mol. The minimum Gasteiger partial charge on any atom is -0.459 e. The number of aromatic nitrogens is 2. The summed E-state index contributed by atoms with van der Waals surface area (Å²) in [7, 11) is 0. The molecule has 3 heterocycles. The zero-order chi connectivity index (χ0) is 15.8. The van der Waals surface area contributed by atoms with Gasteiger partial charge in [-0.2, -0.15) is 5.10 Å². The summed E-state index contributed by atoms with van der Waals surface area (Å²) in [6, 6.07) is 10.4. The van der Waals surface area contributed by atoms with Gasteiger partial charge in [0.2, 0.25) is 0 Å². The quantitative estimate of drug-likeness (QED) is 0.776. The summed E-state index contributed by atoms with van der Waals surface area (Å²) in [6.45, 7) is 7.17. The van der Waals surface area contributed by atoms with Crippen LogP contribution in [0.25, 0.3) is 11.0 Å². The molecule has 5 nitrogen and oxygen atoms in total. The second kappa shape index (κ2) is 5.74. The summed E-state index contributed by atoms with van der Waals surface area (Å²) in [5, 5.41) is 12.6. The first-order chi connectivity index (χ1) is 11.2. The van der Waals surface area contributed by atoms with Crippen molar-refractivity contribution in [3.63, 3.8) is 0 Å². The van der Waals surface area contributed by atoms with Gasteiger partial charge >= 0.3 is 0 Å². The lowest BCUT2D eigenvalue weighted by Crippen LogP contribution is -2.36. The maximum atomic E-state index is 6.05. The maximum Gasteiger partial charge on any atom is 0.134 e. The maximum absolute atomic E-state index is 6.05. The number of nitrogens with one attached hydrogen (secondary N) is 2. The predicted octanol–water partition coefficient (Wildman–Crippen LogP) is 3.33. The Morgan fingerprint density at radius 2 is 2.26 bits per heavy atom. The van der Waals surface area contributed by atoms with Crippen LogP contribution in [-0.4, -0.2) is 22.9 Å². The van der Waals surface area contributed by atoms with Crippen molar-refractivity contribution in [1.29, 1.82) is 0 Å². The topological polar surface area (TPSA) is 55.0 Å². The van der Waals surface area contributed by atoms with Gasteiger partial charge in [-0.25, -0.2) is 4.68 Å². The zero-order valence-electron chi connectivity index (χ0n) is 13.5. The van der Waals surface area contributed by atoms with Gasteiger partial charge < -0.3 is 15.1 Å². The Bertz CT molecular complexity index is 819. The molecule has 4 rings (SSSR count). The van der Waals surface area contributed by atoms with E-state index in [1.807, 2.05) is 29.1 Å². The molecule has 0 saturated carbocycles. The van der Waals surface area contributed by atoms with Crippen LogP contribution in [0.1, 0.15) is 24.3 Å². The third-order valence-electron chi connectivity index (χ3n) is 4.71. The van der Waals surface area contributed by atoms with Crippen LogP contribution >= 0.6 is 0 Å². The van der Waals surface area contributed by atoms with Gasteiger partial charge in [-0.3, -0.25) is 0 Å². The fraction of sp³-hybridized carbons (Fsp3) is 0.389. The summed E-state index contributed by atoms with van der Waals surface area (Å²) in [5.41, 5.74) is 2.20. The Morgan fingerprint density at radius 1 is 1.39 bits per heavy atom. The zero-order valence-corrected chi connectivity index (χ0v) is 13.5. The number of fused-ring (bicyclic) bond motifs is 2. The largest absolute Gasteiger partial charge is 0.459 e. The molecule has 0 aliphatic carbocycles. The van der Waals surface area contributed by atoms with E-state index in [0.717, 1.165) is 36.8 Å². The molecule has 120 valence electrons. The Balaban J connectivity index is 1.43. The molecule has 0 unspecified atom stereocenters. The van der Waals surface area contributed by atoms with Crippen molar-refractivity contribution in [2.45, 2.75) is 26.4 Å². The van der Waals surface area contributed by atoms with E-state index in [9.17, 15) is 0 Å². The van der Waals surface area contributed by atoms with Gasteiger partial charge in [0.05, 0.1) is 12.2 Å². The van der Waals surface area contributed by atoms with Crippen LogP contribution < -0.4 is 10.6 Å². The molecule has 0 amide bonds. The second-order valence-electron chi connectivity index (χ2n) is 6.36. The van der Waals surface area contributed by atoms with Gasteiger partial charge in [-0.05, 0) is 25.5 Å². The molecule has 3 aromatic rings. The van der Waals surface area contributed by atoms with Crippen LogP contribution in [0.2, 0.25) is 0 Å². The summed E-state index contributed by atoms with van der Waals surface area (Å²) < 4.78 is 8.08. The van der Waals surface area contributed by atoms with Gasteiger partial charge in [-0.1, -0.05) is 18.2 Å². The summed E-state index contributed by atoms with van der Waals surface area (Å²) in [4.78, 5) is 0. The van der Waals surface area contributed by atoms with Crippen molar-refractivity contribution in [3.8, 4) is 0 Å². The van der Waals surface area contributed by atoms with E-state index in [4.69, 9.17) is 4.42 Å². The van der Waals surface area contributed by atoms with Gasteiger partial charge in [0.25, 0.3) is 0 Å². The number of nitrogens with zero attached hydrogens (tertiary/aromatic N) is 2. The molecule has 23 heavy (non-hydrogen) atoms. The minimum atomic E-state index is 0.196. The SMILES string of the molecule is Cc1c([C@@H](C)NC[C@@H]2CNc3ccnn3C2)oc2ccccc12. The first-order valence-corrected chi connectivity index (χ1v) is 8.19. The van der Waals surface area contributed by atoms with Gasteiger partial charge in [0.1, 0.15) is 17.2 Å². The van der Waals surface area contributed by atoms with Crippen LogP contribution in [0.5, 0.6) is 0 Å². The second-order valence-corrected chi connectivity index (χ2v) is 6.36. The van der Waals surface area contributed by atoms with E-state index in [0.29, 0.717) is 5.92 Å². The molecular weight excluding hydrogens is 288 g/mol. The summed E-state index contributed by atoms with van der Waals surface area (Å²) in [5.74, 6) is 2.67. The van der Waals surface area contributed by atoms with E-state index in [-0.39, 0.29) is 6.04 Å². The highest BCUT2D eigenvalue weighted by atomic mass is 16.3. The molecule has 0 radical (unpaired) electrons. The molecule has 0 saturated heterocycles. The van der Waals surface area contributed by atoms with Crippen LogP contribution in [0.15, 0.2) is 40.9 Å². The normalized spacial score (nSPS) is 18.6. The fourth-order valence-electron chi connectivity index (χ4n) is 3.37. The van der Waals surface area contributed by atoms with Gasteiger partial charge in [0, 0.05) is 37.0 Å². The molecule has 0 spiro atoms. The molecule has 2 N–H and O–H groups in total. The number of aryl methyl sites for hydroxylation is 1. The predicted molar refractivity (Wildman–Crippen MR) is 91.6 cm³/mol. The number of furan rings is 1. The molecule has 1 aromatic carbocycles. The molecule has 2 atom stereocenters. The lowest BCUT2D eigenvalue weighted by atomic mass is 10.1. The molecule has 1 aliphatic heterocycles. The number of hydrogen-bond donors (Lipinski definition) is 2. The van der Waals surface area contributed by atoms with Crippen molar-refractivity contribution in [3.05, 3.63) is 47.9 Å². The van der Waals surface area contributed by atoms with E-state index in [1.54, 1.807) is 0 Å². The number of hydrogen-bond acceptors (Lipinski definition) is 4. The smallest absolute Gasteiger partial charge is 0.134 e. The Labute approximate surface area is 135 Å². The van der Waals surface area contributed by atoms with Crippen LogP contribution in [-0.2, 0) is 6.54 Å². The van der Waals surface area contributed by atoms with E-state index < -0.39 is 0 Å². The fourth-order valence-corrected chi connectivity index (χ4v) is 3.37. The molecule has 5 heteroatoms. The first-order valence-electron chi connectivity index (χ1n) is 8.19. The molecular formula is C18H22N4O. The summed E-state index contributed by atoms with van der Waals surface area (Å²) >= 11 is 0. The van der Waals surface area contributed by atoms with Gasteiger partial charge in [0.15, 0.2) is 0 Å². The standard InChI is InChI=1S/C18H22N4O/c1-12-15-5-3-4-6-16(15)23-18(12)13(2)19-9-14-10-20-17-7-8-21-22(17)11-14/h3-8,13-14,19-20H,9-11H2,1-2H3/t13-,14-/m1/s1. The van der Waals surface area contributed by atoms with Crippen molar-refractivity contribution in [2.75, 3.05) is 18.4 Å². The van der Waals surface area contributed by atoms with Crippen LogP contribution in [0.4, 0.5) is 5.82 Å². The number of rotatable bonds is 4. The Morgan fingerprint density at radius 3 is 3.13 bits per heavy atom. The molecule has 1 aliphatic rings. The number of anilines is 1. The Kier molecular flexibility index (Phi) is 3.58. The minimum absolute atomic E-state index is 0.196. The Hall–Kier alpha value is -2.27. The van der Waals surface area contributed by atoms with Crippen LogP contribution in [0.3, 0.4) is 0 Å². The highest BCUT2D eigenvalue weighted by Gasteiger charge is 2.21.